The molecule has 0 aliphatic heterocycles. The molecule has 1 atom stereocenters. The summed E-state index contributed by atoms with van der Waals surface area (Å²) in [5.74, 6) is 1.07. The molecule has 0 aromatic rings. The lowest BCUT2D eigenvalue weighted by atomic mass is 10.1. The molecule has 0 bridgehead atoms. The highest BCUT2D eigenvalue weighted by molar-refractivity contribution is 6.10. The van der Waals surface area contributed by atoms with Gasteiger partial charge in [-0.3, -0.25) is 0 Å². The average molecular weight is 275 g/mol. The molecule has 0 heterocycles. The van der Waals surface area contributed by atoms with E-state index in [2.05, 4.69) is 58.1 Å². The van der Waals surface area contributed by atoms with E-state index in [0.717, 1.165) is 12.3 Å². The number of nitrogens with zero attached hydrogens (tertiary/aromatic N) is 2. The second-order valence-corrected chi connectivity index (χ2v) is 5.08. The first-order valence-corrected chi connectivity index (χ1v) is 7.74. The van der Waals surface area contributed by atoms with Crippen LogP contribution in [0.1, 0.15) is 48.5 Å². The molecule has 20 heavy (non-hydrogen) atoms. The van der Waals surface area contributed by atoms with Crippen LogP contribution in [0.5, 0.6) is 0 Å². The van der Waals surface area contributed by atoms with Crippen LogP contribution >= 0.6 is 0 Å². The van der Waals surface area contributed by atoms with Crippen molar-refractivity contribution in [2.24, 2.45) is 16.9 Å². The summed E-state index contributed by atoms with van der Waals surface area (Å²) in [4.78, 5) is 0. The zero-order valence-electron chi connectivity index (χ0n) is 14.2. The molecule has 1 aliphatic carbocycles. The summed E-state index contributed by atoms with van der Waals surface area (Å²) in [5.41, 5.74) is 2.23. The summed E-state index contributed by atoms with van der Waals surface area (Å²) in [6, 6.07) is 0. The fourth-order valence-electron chi connectivity index (χ4n) is 1.80. The molecule has 0 amide bonds. The maximum Gasteiger partial charge on any atom is 0.176 e. The van der Waals surface area contributed by atoms with Crippen LogP contribution in [0, 0.1) is 11.8 Å². The summed E-state index contributed by atoms with van der Waals surface area (Å²) < 4.78 is 2.03. The molecule has 0 aromatic carbocycles. The van der Waals surface area contributed by atoms with Gasteiger partial charge < -0.3 is 0 Å². The van der Waals surface area contributed by atoms with Gasteiger partial charge in [0.05, 0.1) is 0 Å². The Balaban J connectivity index is 0.00000172. The lowest BCUT2D eigenvalue weighted by molar-refractivity contribution is -0.535. The minimum Gasteiger partial charge on any atom is -0.0948 e. The van der Waals surface area contributed by atoms with Gasteiger partial charge in [-0.25, -0.2) is 0 Å². The van der Waals surface area contributed by atoms with E-state index in [1.165, 1.54) is 5.57 Å². The Kier molecular flexibility index (Phi) is 9.61. The van der Waals surface area contributed by atoms with Gasteiger partial charge in [0.2, 0.25) is 0 Å². The number of hydrogen-bond acceptors (Lipinski definition) is 1. The lowest BCUT2D eigenvalue weighted by Gasteiger charge is -2.02. The Morgan fingerprint density at radius 1 is 1.20 bits per heavy atom. The van der Waals surface area contributed by atoms with Crippen molar-refractivity contribution in [3.63, 3.8) is 0 Å². The molecule has 112 valence electrons. The average Bonchev–Trinajstić information content (AvgIpc) is 2.62. The van der Waals surface area contributed by atoms with Crippen molar-refractivity contribution >= 4 is 11.9 Å². The molecule has 1 aliphatic rings. The fraction of sp³-hybridized carbons (Fsp3) is 0.556. The highest BCUT2D eigenvalue weighted by Crippen LogP contribution is 2.13. The summed E-state index contributed by atoms with van der Waals surface area (Å²) in [7, 11) is 0. The van der Waals surface area contributed by atoms with Crippen molar-refractivity contribution < 1.29 is 4.68 Å². The first-order chi connectivity index (χ1) is 9.56. The molecule has 2 nitrogen and oxygen atoms in total. The molecule has 0 N–H and O–H groups in total. The summed E-state index contributed by atoms with van der Waals surface area (Å²) in [6.45, 7) is 15.6. The number of rotatable bonds is 3. The van der Waals surface area contributed by atoms with Crippen molar-refractivity contribution in [3.05, 3.63) is 36.0 Å². The molecular formula is C18H31N2+. The SMILES string of the molecule is C/C=C1/C=CC(C)C=C/C1=N/[N+](=C\C)CC(C)C.CC. The molecule has 0 saturated carbocycles. The first-order valence-electron chi connectivity index (χ1n) is 7.74. The van der Waals surface area contributed by atoms with E-state index in [9.17, 15) is 0 Å². The third-order valence-electron chi connectivity index (χ3n) is 2.83. The van der Waals surface area contributed by atoms with E-state index in [1.54, 1.807) is 0 Å². The number of allylic oxidation sites excluding steroid dienone is 6. The van der Waals surface area contributed by atoms with E-state index in [4.69, 9.17) is 5.10 Å². The minimum absolute atomic E-state index is 0.469. The topological polar surface area (TPSA) is 15.4 Å². The molecule has 1 rings (SSSR count). The molecule has 0 saturated heterocycles. The monoisotopic (exact) mass is 275 g/mol. The maximum atomic E-state index is 4.73. The van der Waals surface area contributed by atoms with Gasteiger partial charge in [0.1, 0.15) is 5.71 Å². The molecular weight excluding hydrogens is 244 g/mol. The molecule has 0 radical (unpaired) electrons. The van der Waals surface area contributed by atoms with Crippen LogP contribution in [0.3, 0.4) is 0 Å². The van der Waals surface area contributed by atoms with Gasteiger partial charge in [0, 0.05) is 18.4 Å². The highest BCUT2D eigenvalue weighted by Gasteiger charge is 2.11. The van der Waals surface area contributed by atoms with Gasteiger partial charge >= 0.3 is 0 Å². The van der Waals surface area contributed by atoms with E-state index >= 15 is 0 Å². The second-order valence-electron chi connectivity index (χ2n) is 5.08. The van der Waals surface area contributed by atoms with Gasteiger partial charge in [-0.05, 0) is 24.0 Å². The Hall–Kier alpha value is -1.44. The predicted octanol–water partition coefficient (Wildman–Crippen LogP) is 4.84. The van der Waals surface area contributed by atoms with Gasteiger partial charge in [-0.1, -0.05) is 63.6 Å². The van der Waals surface area contributed by atoms with Crippen LogP contribution in [0.25, 0.3) is 0 Å². The summed E-state index contributed by atoms with van der Waals surface area (Å²) in [6.07, 6.45) is 12.8. The van der Waals surface area contributed by atoms with Gasteiger partial charge in [-0.15, -0.1) is 0 Å². The third-order valence-corrected chi connectivity index (χ3v) is 2.83. The van der Waals surface area contributed by atoms with E-state index < -0.39 is 0 Å². The van der Waals surface area contributed by atoms with Crippen LogP contribution in [0.2, 0.25) is 0 Å². The molecule has 0 fully saturated rings. The van der Waals surface area contributed by atoms with Crippen LogP contribution < -0.4 is 0 Å². The highest BCUT2D eigenvalue weighted by atomic mass is 15.4. The van der Waals surface area contributed by atoms with E-state index in [0.29, 0.717) is 11.8 Å². The van der Waals surface area contributed by atoms with Gasteiger partial charge in [0.15, 0.2) is 12.8 Å². The fourth-order valence-corrected chi connectivity index (χ4v) is 1.80. The van der Waals surface area contributed by atoms with Crippen LogP contribution in [-0.2, 0) is 0 Å². The van der Waals surface area contributed by atoms with Crippen molar-refractivity contribution in [3.8, 4) is 0 Å². The third kappa shape index (κ3) is 6.65. The number of hydrazone groups is 1. The second kappa shape index (κ2) is 10.4. The lowest BCUT2D eigenvalue weighted by Crippen LogP contribution is -2.15. The summed E-state index contributed by atoms with van der Waals surface area (Å²) in [5, 5.41) is 4.73. The Labute approximate surface area is 125 Å². The zero-order chi connectivity index (χ0) is 15.5. The van der Waals surface area contributed by atoms with Crippen LogP contribution in [-0.4, -0.2) is 23.2 Å². The quantitative estimate of drug-likeness (QED) is 0.398. The Morgan fingerprint density at radius 3 is 2.30 bits per heavy atom. The molecule has 1 unspecified atom stereocenters. The van der Waals surface area contributed by atoms with Crippen molar-refractivity contribution in [1.82, 2.24) is 0 Å². The van der Waals surface area contributed by atoms with Gasteiger partial charge in [-0.2, -0.15) is 0 Å². The largest absolute Gasteiger partial charge is 0.176 e. The van der Waals surface area contributed by atoms with Crippen molar-refractivity contribution in [2.45, 2.75) is 48.5 Å². The Morgan fingerprint density at radius 2 is 1.80 bits per heavy atom. The zero-order valence-corrected chi connectivity index (χ0v) is 14.2. The smallest absolute Gasteiger partial charge is 0.0948 e. The van der Waals surface area contributed by atoms with Crippen molar-refractivity contribution in [1.29, 1.82) is 0 Å². The first kappa shape index (κ1) is 18.6. The van der Waals surface area contributed by atoms with E-state index in [-0.39, 0.29) is 0 Å². The number of hydrogen-bond donors (Lipinski definition) is 0. The summed E-state index contributed by atoms with van der Waals surface area (Å²) >= 11 is 0. The normalized spacial score (nSPS) is 23.0. The van der Waals surface area contributed by atoms with Crippen LogP contribution in [0.4, 0.5) is 0 Å². The predicted molar refractivity (Wildman–Crippen MR) is 91.7 cm³/mol. The molecule has 0 spiro atoms. The molecule has 2 heteroatoms. The van der Waals surface area contributed by atoms with Crippen molar-refractivity contribution in [2.75, 3.05) is 6.54 Å². The minimum atomic E-state index is 0.469. The van der Waals surface area contributed by atoms with Crippen LogP contribution in [0.15, 0.2) is 41.1 Å². The van der Waals surface area contributed by atoms with Gasteiger partial charge in [0.25, 0.3) is 0 Å². The molecule has 0 aromatic heterocycles. The standard InChI is InChI=1S/C16H25N2.C2H6/c1-6-15-10-8-14(5)9-11-16(15)17-18(7-2)12-13(3)4;1-2/h6-11,13-14H,12H2,1-5H3;1-2H3/q+1;/b15-6-,17-16-,18-7-;. The maximum absolute atomic E-state index is 4.73. The van der Waals surface area contributed by atoms with E-state index in [1.807, 2.05) is 31.7 Å². The Bertz CT molecular complexity index is 421.